The first-order valence-corrected chi connectivity index (χ1v) is 8.46. The molecule has 0 radical (unpaired) electrons. The van der Waals surface area contributed by atoms with Crippen molar-refractivity contribution >= 4 is 31.7 Å². The molecule has 0 unspecified atom stereocenters. The van der Waals surface area contributed by atoms with Gasteiger partial charge in [0.25, 0.3) is 0 Å². The van der Waals surface area contributed by atoms with E-state index < -0.39 is 21.5 Å². The summed E-state index contributed by atoms with van der Waals surface area (Å²) in [7, 11) is -3.45. The Kier molecular flexibility index (Phi) is 6.47. The van der Waals surface area contributed by atoms with Crippen LogP contribution in [0.3, 0.4) is 0 Å². The summed E-state index contributed by atoms with van der Waals surface area (Å²) in [5.74, 6) is -1.12. The van der Waals surface area contributed by atoms with Gasteiger partial charge in [0.2, 0.25) is 5.91 Å². The summed E-state index contributed by atoms with van der Waals surface area (Å²) in [4.78, 5) is 11.5. The van der Waals surface area contributed by atoms with Gasteiger partial charge < -0.3 is 11.1 Å². The molecule has 106 valence electrons. The third kappa shape index (κ3) is 6.70. The standard InChI is InChI=1S/C12H17BrN2O3S/c13-11-4-1-3-10(7-11)8-19(17,18)9-12(16)15-6-2-5-14/h1,3-4,7H,2,5-6,8-9,14H2,(H,15,16). The molecule has 0 aliphatic rings. The van der Waals surface area contributed by atoms with Crippen molar-refractivity contribution in [2.45, 2.75) is 12.2 Å². The van der Waals surface area contributed by atoms with Crippen molar-refractivity contribution in [3.8, 4) is 0 Å². The van der Waals surface area contributed by atoms with Gasteiger partial charge in [-0.05, 0) is 30.7 Å². The number of sulfone groups is 1. The van der Waals surface area contributed by atoms with Crippen LogP contribution in [-0.2, 0) is 20.4 Å². The van der Waals surface area contributed by atoms with Crippen LogP contribution >= 0.6 is 15.9 Å². The molecule has 1 aromatic carbocycles. The highest BCUT2D eigenvalue weighted by Crippen LogP contribution is 2.14. The van der Waals surface area contributed by atoms with Crippen LogP contribution in [0.1, 0.15) is 12.0 Å². The van der Waals surface area contributed by atoms with Crippen LogP contribution in [-0.4, -0.2) is 33.2 Å². The lowest BCUT2D eigenvalue weighted by atomic mass is 10.2. The predicted octanol–water partition coefficient (Wildman–Crippen LogP) is 0.829. The maximum atomic E-state index is 11.9. The van der Waals surface area contributed by atoms with Crippen LogP contribution in [0.25, 0.3) is 0 Å². The van der Waals surface area contributed by atoms with Crippen molar-refractivity contribution in [3.63, 3.8) is 0 Å². The number of nitrogens with two attached hydrogens (primary N) is 1. The van der Waals surface area contributed by atoms with Gasteiger partial charge in [-0.3, -0.25) is 4.79 Å². The zero-order chi connectivity index (χ0) is 14.3. The first-order valence-electron chi connectivity index (χ1n) is 5.84. The third-order valence-electron chi connectivity index (χ3n) is 2.33. The second-order valence-corrected chi connectivity index (χ2v) is 7.13. The number of hydrogen-bond acceptors (Lipinski definition) is 4. The number of halogens is 1. The summed E-state index contributed by atoms with van der Waals surface area (Å²) in [6.45, 7) is 0.868. The van der Waals surface area contributed by atoms with Crippen molar-refractivity contribution < 1.29 is 13.2 Å². The summed E-state index contributed by atoms with van der Waals surface area (Å²) in [5.41, 5.74) is 5.94. The maximum Gasteiger partial charge on any atom is 0.235 e. The van der Waals surface area contributed by atoms with Crippen LogP contribution in [0.2, 0.25) is 0 Å². The van der Waals surface area contributed by atoms with Gasteiger partial charge in [0.05, 0.1) is 5.75 Å². The number of carbonyl (C=O) groups is 1. The van der Waals surface area contributed by atoms with Crippen molar-refractivity contribution in [1.82, 2.24) is 5.32 Å². The Labute approximate surface area is 121 Å². The molecule has 0 bridgehead atoms. The zero-order valence-corrected chi connectivity index (χ0v) is 12.8. The highest BCUT2D eigenvalue weighted by Gasteiger charge is 2.17. The average Bonchev–Trinajstić information content (AvgIpc) is 2.27. The fourth-order valence-corrected chi connectivity index (χ4v) is 3.25. The molecule has 0 heterocycles. The monoisotopic (exact) mass is 348 g/mol. The van der Waals surface area contributed by atoms with Gasteiger partial charge in [0.15, 0.2) is 9.84 Å². The van der Waals surface area contributed by atoms with Crippen molar-refractivity contribution in [2.24, 2.45) is 5.73 Å². The molecule has 0 atom stereocenters. The first kappa shape index (κ1) is 16.1. The zero-order valence-electron chi connectivity index (χ0n) is 10.4. The van der Waals surface area contributed by atoms with Crippen molar-refractivity contribution in [3.05, 3.63) is 34.3 Å². The van der Waals surface area contributed by atoms with E-state index in [1.807, 2.05) is 6.07 Å². The smallest absolute Gasteiger partial charge is 0.235 e. The van der Waals surface area contributed by atoms with E-state index in [-0.39, 0.29) is 5.75 Å². The molecule has 1 aromatic rings. The topological polar surface area (TPSA) is 89.3 Å². The average molecular weight is 349 g/mol. The molecular weight excluding hydrogens is 332 g/mol. The van der Waals surface area contributed by atoms with E-state index in [9.17, 15) is 13.2 Å². The van der Waals surface area contributed by atoms with E-state index in [1.54, 1.807) is 18.2 Å². The van der Waals surface area contributed by atoms with Crippen LogP contribution in [0.4, 0.5) is 0 Å². The van der Waals surface area contributed by atoms with Gasteiger partial charge in [0, 0.05) is 11.0 Å². The molecule has 3 N–H and O–H groups in total. The molecule has 0 aromatic heterocycles. The van der Waals surface area contributed by atoms with Gasteiger partial charge in [-0.1, -0.05) is 28.1 Å². The van der Waals surface area contributed by atoms with E-state index in [4.69, 9.17) is 5.73 Å². The second-order valence-electron chi connectivity index (χ2n) is 4.15. The largest absolute Gasteiger partial charge is 0.355 e. The molecule has 7 heteroatoms. The summed E-state index contributed by atoms with van der Waals surface area (Å²) in [5, 5.41) is 2.53. The highest BCUT2D eigenvalue weighted by molar-refractivity contribution is 9.10. The summed E-state index contributed by atoms with van der Waals surface area (Å²) < 4.78 is 24.5. The lowest BCUT2D eigenvalue weighted by molar-refractivity contribution is -0.118. The fraction of sp³-hybridized carbons (Fsp3) is 0.417. The highest BCUT2D eigenvalue weighted by atomic mass is 79.9. The predicted molar refractivity (Wildman–Crippen MR) is 78.3 cm³/mol. The Morgan fingerprint density at radius 3 is 2.74 bits per heavy atom. The maximum absolute atomic E-state index is 11.9. The van der Waals surface area contributed by atoms with Crippen LogP contribution in [0.15, 0.2) is 28.7 Å². The number of carbonyl (C=O) groups excluding carboxylic acids is 1. The Morgan fingerprint density at radius 1 is 1.37 bits per heavy atom. The fourth-order valence-electron chi connectivity index (χ4n) is 1.51. The first-order chi connectivity index (χ1) is 8.93. The van der Waals surface area contributed by atoms with Crippen LogP contribution in [0, 0.1) is 0 Å². The molecule has 0 spiro atoms. The minimum atomic E-state index is -3.45. The van der Waals surface area contributed by atoms with Crippen molar-refractivity contribution in [1.29, 1.82) is 0 Å². The minimum Gasteiger partial charge on any atom is -0.355 e. The molecule has 1 rings (SSSR count). The molecule has 0 saturated carbocycles. The number of rotatable bonds is 7. The Balaban J connectivity index is 2.54. The Hall–Kier alpha value is -0.920. The van der Waals surface area contributed by atoms with Gasteiger partial charge in [-0.15, -0.1) is 0 Å². The Morgan fingerprint density at radius 2 is 2.11 bits per heavy atom. The number of benzene rings is 1. The number of nitrogens with one attached hydrogen (secondary N) is 1. The quantitative estimate of drug-likeness (QED) is 0.714. The van der Waals surface area contributed by atoms with Gasteiger partial charge in [-0.25, -0.2) is 8.42 Å². The Bertz CT molecular complexity index is 532. The normalized spacial score (nSPS) is 11.3. The number of hydrogen-bond donors (Lipinski definition) is 2. The summed E-state index contributed by atoms with van der Waals surface area (Å²) in [6.07, 6.45) is 0.636. The minimum absolute atomic E-state index is 0.142. The van der Waals surface area contributed by atoms with E-state index in [0.717, 1.165) is 4.47 Å². The van der Waals surface area contributed by atoms with E-state index in [0.29, 0.717) is 25.1 Å². The van der Waals surface area contributed by atoms with Crippen LogP contribution in [0.5, 0.6) is 0 Å². The molecule has 0 aliphatic carbocycles. The summed E-state index contributed by atoms with van der Waals surface area (Å²) >= 11 is 3.28. The molecule has 1 amide bonds. The van der Waals surface area contributed by atoms with Gasteiger partial charge >= 0.3 is 0 Å². The van der Waals surface area contributed by atoms with E-state index in [1.165, 1.54) is 0 Å². The lowest BCUT2D eigenvalue weighted by Gasteiger charge is -2.06. The van der Waals surface area contributed by atoms with Gasteiger partial charge in [0.1, 0.15) is 5.75 Å². The SMILES string of the molecule is NCCCNC(=O)CS(=O)(=O)Cc1cccc(Br)c1. The van der Waals surface area contributed by atoms with Crippen LogP contribution < -0.4 is 11.1 Å². The molecule has 0 fully saturated rings. The molecule has 0 saturated heterocycles. The third-order valence-corrected chi connectivity index (χ3v) is 4.30. The molecule has 0 aliphatic heterocycles. The number of amides is 1. The molecule has 5 nitrogen and oxygen atoms in total. The van der Waals surface area contributed by atoms with Crippen molar-refractivity contribution in [2.75, 3.05) is 18.8 Å². The van der Waals surface area contributed by atoms with E-state index in [2.05, 4.69) is 21.2 Å². The van der Waals surface area contributed by atoms with E-state index >= 15 is 0 Å². The lowest BCUT2D eigenvalue weighted by Crippen LogP contribution is -2.32. The van der Waals surface area contributed by atoms with Gasteiger partial charge in [-0.2, -0.15) is 0 Å². The summed E-state index contributed by atoms with van der Waals surface area (Å²) in [6, 6.07) is 7.02. The second kappa shape index (κ2) is 7.62. The molecule has 19 heavy (non-hydrogen) atoms. The molecular formula is C12H17BrN2O3S.